The number of fused-ring (bicyclic) bond motifs is 2. The van der Waals surface area contributed by atoms with Gasteiger partial charge in [0, 0.05) is 40.1 Å². The fourth-order valence-corrected chi connectivity index (χ4v) is 10.6. The fraction of sp³-hybridized carbons (Fsp3) is 0.771. The number of carbonyl (C=O) groups is 4. The summed E-state index contributed by atoms with van der Waals surface area (Å²) in [6, 6.07) is 1.73. The lowest BCUT2D eigenvalue weighted by Gasteiger charge is -2.70. The summed E-state index contributed by atoms with van der Waals surface area (Å²) >= 11 is 0. The van der Waals surface area contributed by atoms with Gasteiger partial charge in [0.2, 0.25) is 5.79 Å². The van der Waals surface area contributed by atoms with Gasteiger partial charge in [-0.05, 0) is 24.8 Å². The smallest absolute Gasteiger partial charge is 0.308 e. The van der Waals surface area contributed by atoms with E-state index in [2.05, 4.69) is 0 Å². The molecule has 4 heterocycles. The van der Waals surface area contributed by atoms with Crippen LogP contribution in [0.1, 0.15) is 92.7 Å². The van der Waals surface area contributed by atoms with Gasteiger partial charge in [-0.3, -0.25) is 19.2 Å². The predicted octanol–water partition coefficient (Wildman–Crippen LogP) is 3.86. The highest BCUT2D eigenvalue weighted by Gasteiger charge is 2.96. The average Bonchev–Trinajstić information content (AvgIpc) is 3.65. The Morgan fingerprint density at radius 1 is 0.979 bits per heavy atom. The van der Waals surface area contributed by atoms with Crippen LogP contribution in [-0.4, -0.2) is 70.4 Å². The van der Waals surface area contributed by atoms with Crippen molar-refractivity contribution in [3.05, 3.63) is 24.2 Å². The van der Waals surface area contributed by atoms with Crippen molar-refractivity contribution in [2.75, 3.05) is 7.11 Å². The van der Waals surface area contributed by atoms with Gasteiger partial charge in [0.15, 0.2) is 11.7 Å². The largest absolute Gasteiger partial charge is 0.472 e. The first-order valence-corrected chi connectivity index (χ1v) is 16.6. The molecule has 0 radical (unpaired) electrons. The SMILES string of the molecule is COC(=O)CC1C(C)(C)C(OC(=O)C(C)C)C2(O)C(OC(=O)C(C)C)C34OC2(O)C1(C)C3CCC1(C)C(c2ccoc2)OC(=O)CC14. The molecule has 1 aromatic rings. The minimum atomic E-state index is -2.51. The molecule has 0 amide bonds. The molecule has 2 N–H and O–H groups in total. The van der Waals surface area contributed by atoms with Crippen LogP contribution in [0.2, 0.25) is 0 Å². The maximum Gasteiger partial charge on any atom is 0.308 e. The second-order valence-electron chi connectivity index (χ2n) is 16.1. The topological polar surface area (TPSA) is 168 Å². The van der Waals surface area contributed by atoms with Crippen LogP contribution in [0.5, 0.6) is 0 Å². The van der Waals surface area contributed by atoms with Gasteiger partial charge in [-0.1, -0.05) is 55.4 Å². The lowest BCUT2D eigenvalue weighted by molar-refractivity contribution is -0.386. The minimum Gasteiger partial charge on any atom is -0.472 e. The van der Waals surface area contributed by atoms with E-state index in [1.54, 1.807) is 54.5 Å². The van der Waals surface area contributed by atoms with Crippen molar-refractivity contribution in [1.82, 2.24) is 0 Å². The molecule has 11 atom stereocenters. The van der Waals surface area contributed by atoms with Gasteiger partial charge in [0.05, 0.1) is 37.9 Å². The third-order valence-electron chi connectivity index (χ3n) is 12.8. The number of carbonyl (C=O) groups excluding carboxylic acids is 4. The van der Waals surface area contributed by atoms with E-state index in [-0.39, 0.29) is 12.8 Å². The van der Waals surface area contributed by atoms with Gasteiger partial charge in [-0.2, -0.15) is 0 Å². The summed E-state index contributed by atoms with van der Waals surface area (Å²) < 4.78 is 35.9. The molecule has 1 spiro atoms. The molecule has 11 unspecified atom stereocenters. The zero-order valence-electron chi connectivity index (χ0n) is 28.7. The van der Waals surface area contributed by atoms with Crippen LogP contribution < -0.4 is 0 Å². The van der Waals surface area contributed by atoms with Crippen molar-refractivity contribution in [3.8, 4) is 0 Å². The van der Waals surface area contributed by atoms with Gasteiger partial charge in [-0.15, -0.1) is 0 Å². The molecule has 3 aliphatic heterocycles. The zero-order chi connectivity index (χ0) is 34.7. The van der Waals surface area contributed by atoms with E-state index in [0.717, 1.165) is 0 Å². The minimum absolute atomic E-state index is 0.152. The van der Waals surface area contributed by atoms with Crippen molar-refractivity contribution in [3.63, 3.8) is 0 Å². The first-order chi connectivity index (χ1) is 21.8. The van der Waals surface area contributed by atoms with E-state index in [1.807, 2.05) is 6.92 Å². The number of hydrogen-bond donors (Lipinski definition) is 2. The Morgan fingerprint density at radius 3 is 2.15 bits per heavy atom. The number of cyclic esters (lactones) is 1. The van der Waals surface area contributed by atoms with E-state index in [4.69, 9.17) is 28.1 Å². The highest BCUT2D eigenvalue weighted by atomic mass is 16.7. The van der Waals surface area contributed by atoms with Crippen LogP contribution in [0.15, 0.2) is 23.0 Å². The molecule has 5 aliphatic rings. The zero-order valence-corrected chi connectivity index (χ0v) is 28.7. The molecule has 2 bridgehead atoms. The molecule has 6 rings (SSSR count). The maximum absolute atomic E-state index is 13.6. The van der Waals surface area contributed by atoms with Gasteiger partial charge >= 0.3 is 23.9 Å². The number of esters is 4. The van der Waals surface area contributed by atoms with Crippen LogP contribution in [-0.2, 0) is 42.9 Å². The maximum atomic E-state index is 13.6. The summed E-state index contributed by atoms with van der Waals surface area (Å²) in [6.07, 6.45) is -0.213. The normalized spacial score (nSPS) is 44.4. The van der Waals surface area contributed by atoms with Crippen LogP contribution in [0, 0.1) is 45.8 Å². The van der Waals surface area contributed by atoms with Crippen LogP contribution in [0.3, 0.4) is 0 Å². The number of furan rings is 1. The molecule has 5 fully saturated rings. The number of methoxy groups -OCH3 is 1. The number of hydrogen-bond acceptors (Lipinski definition) is 12. The van der Waals surface area contributed by atoms with Gasteiger partial charge < -0.3 is 38.3 Å². The molecule has 0 aromatic carbocycles. The quantitative estimate of drug-likeness (QED) is 0.321. The van der Waals surface area contributed by atoms with Crippen LogP contribution in [0.4, 0.5) is 0 Å². The van der Waals surface area contributed by atoms with E-state index >= 15 is 0 Å². The molecule has 260 valence electrons. The standard InChI is InChI=1S/C35H48O12/c1-17(2)26(38)45-28-30(5,6)21(14-23(36)42-9)32(8)20-10-12-31(7)22(15-24(37)44-25(31)19-11-13-43-16-19)33(20)29(46-27(39)18(3)4)34(28,40)35(32,41)47-33/h11,13,16-18,20-22,25,28-29,40-41H,10,12,14-15H2,1-9H3. The van der Waals surface area contributed by atoms with Crippen LogP contribution in [0.25, 0.3) is 0 Å². The summed E-state index contributed by atoms with van der Waals surface area (Å²) in [4.78, 5) is 53.6. The highest BCUT2D eigenvalue weighted by Crippen LogP contribution is 2.82. The van der Waals surface area contributed by atoms with Crippen molar-refractivity contribution in [1.29, 1.82) is 0 Å². The Hall–Kier alpha value is -2.96. The molecule has 12 nitrogen and oxygen atoms in total. The summed E-state index contributed by atoms with van der Waals surface area (Å²) in [5, 5.41) is 26.5. The van der Waals surface area contributed by atoms with Gasteiger partial charge in [0.1, 0.15) is 17.8 Å². The van der Waals surface area contributed by atoms with Crippen molar-refractivity contribution in [2.45, 2.75) is 116 Å². The van der Waals surface area contributed by atoms with E-state index in [9.17, 15) is 29.4 Å². The molecule has 2 aliphatic carbocycles. The Balaban J connectivity index is 1.64. The lowest BCUT2D eigenvalue weighted by Crippen LogP contribution is -2.85. The highest BCUT2D eigenvalue weighted by molar-refractivity contribution is 5.75. The first-order valence-electron chi connectivity index (χ1n) is 16.6. The summed E-state index contributed by atoms with van der Waals surface area (Å²) in [5.74, 6) is -8.22. The Bertz CT molecular complexity index is 1470. The van der Waals surface area contributed by atoms with Gasteiger partial charge in [0.25, 0.3) is 0 Å². The summed E-state index contributed by atoms with van der Waals surface area (Å²) in [6.45, 7) is 13.9. The molecule has 3 saturated heterocycles. The summed E-state index contributed by atoms with van der Waals surface area (Å²) in [7, 11) is 1.28. The first kappa shape index (κ1) is 33.9. The molecule has 47 heavy (non-hydrogen) atoms. The Labute approximate surface area is 274 Å². The average molecular weight is 661 g/mol. The van der Waals surface area contributed by atoms with Crippen molar-refractivity contribution >= 4 is 23.9 Å². The third-order valence-corrected chi connectivity index (χ3v) is 12.8. The van der Waals surface area contributed by atoms with Crippen molar-refractivity contribution < 1.29 is 57.5 Å². The van der Waals surface area contributed by atoms with E-state index < -0.39 is 105 Å². The number of ether oxygens (including phenoxy) is 5. The van der Waals surface area contributed by atoms with Crippen molar-refractivity contribution in [2.24, 2.45) is 45.8 Å². The molecule has 2 saturated carbocycles. The second kappa shape index (κ2) is 10.5. The molecular weight excluding hydrogens is 612 g/mol. The van der Waals surface area contributed by atoms with Crippen LogP contribution >= 0.6 is 0 Å². The Kier molecular flexibility index (Phi) is 7.59. The van der Waals surface area contributed by atoms with Gasteiger partial charge in [-0.25, -0.2) is 0 Å². The van der Waals surface area contributed by atoms with E-state index in [1.165, 1.54) is 19.6 Å². The lowest BCUT2D eigenvalue weighted by atomic mass is 9.35. The molecular formula is C35H48O12. The summed E-state index contributed by atoms with van der Waals surface area (Å²) in [5.41, 5.74) is -6.89. The molecule has 1 aromatic heterocycles. The monoisotopic (exact) mass is 660 g/mol. The third kappa shape index (κ3) is 4.03. The predicted molar refractivity (Wildman–Crippen MR) is 162 cm³/mol. The second-order valence-corrected chi connectivity index (χ2v) is 16.1. The Morgan fingerprint density at radius 2 is 1.60 bits per heavy atom. The number of aliphatic hydroxyl groups is 2. The fourth-order valence-electron chi connectivity index (χ4n) is 10.6. The van der Waals surface area contributed by atoms with E-state index in [0.29, 0.717) is 18.4 Å². The molecule has 12 heteroatoms. The number of rotatable bonds is 7.